The van der Waals surface area contributed by atoms with Gasteiger partial charge in [0.2, 0.25) is 0 Å². The highest BCUT2D eigenvalue weighted by Gasteiger charge is 2.09. The Hall–Kier alpha value is -2.69. The first kappa shape index (κ1) is 10.5. The molecule has 0 spiro atoms. The maximum atomic E-state index is 10.7. The molecular formula is C13H9N3O2. The number of nitro groups is 1. The van der Waals surface area contributed by atoms with Gasteiger partial charge >= 0.3 is 0 Å². The summed E-state index contributed by atoms with van der Waals surface area (Å²) < 4.78 is 1.88. The van der Waals surface area contributed by atoms with Gasteiger partial charge in [0, 0.05) is 12.3 Å². The van der Waals surface area contributed by atoms with Gasteiger partial charge in [0.15, 0.2) is 0 Å². The van der Waals surface area contributed by atoms with Crippen molar-refractivity contribution in [1.29, 1.82) is 0 Å². The third-order valence-electron chi connectivity index (χ3n) is 2.80. The van der Waals surface area contributed by atoms with Crippen molar-refractivity contribution < 1.29 is 4.92 Å². The summed E-state index contributed by atoms with van der Waals surface area (Å²) >= 11 is 0. The first-order valence-electron chi connectivity index (χ1n) is 5.41. The third-order valence-corrected chi connectivity index (χ3v) is 2.80. The van der Waals surface area contributed by atoms with Crippen molar-refractivity contribution in [2.45, 2.75) is 0 Å². The van der Waals surface area contributed by atoms with E-state index in [1.807, 2.05) is 41.1 Å². The molecule has 5 nitrogen and oxygen atoms in total. The molecule has 0 saturated carbocycles. The van der Waals surface area contributed by atoms with Gasteiger partial charge in [0.05, 0.1) is 22.3 Å². The molecule has 0 radical (unpaired) electrons. The van der Waals surface area contributed by atoms with Crippen molar-refractivity contribution in [2.24, 2.45) is 0 Å². The summed E-state index contributed by atoms with van der Waals surface area (Å²) in [5.74, 6) is 0. The molecule has 3 aromatic rings. The Labute approximate surface area is 102 Å². The Kier molecular flexibility index (Phi) is 2.30. The second-order valence-electron chi connectivity index (χ2n) is 3.90. The van der Waals surface area contributed by atoms with Crippen molar-refractivity contribution in [1.82, 2.24) is 9.55 Å². The molecule has 0 bridgehead atoms. The lowest BCUT2D eigenvalue weighted by Gasteiger charge is -2.04. The minimum Gasteiger partial charge on any atom is -0.315 e. The quantitative estimate of drug-likeness (QED) is 0.510. The molecule has 2 heterocycles. The van der Waals surface area contributed by atoms with E-state index < -0.39 is 4.92 Å². The van der Waals surface area contributed by atoms with Crippen molar-refractivity contribution in [3.05, 3.63) is 65.1 Å². The van der Waals surface area contributed by atoms with Gasteiger partial charge in [-0.05, 0) is 17.5 Å². The predicted molar refractivity (Wildman–Crippen MR) is 67.7 cm³/mol. The summed E-state index contributed by atoms with van der Waals surface area (Å²) in [6.45, 7) is 0. The topological polar surface area (TPSA) is 61.0 Å². The maximum Gasteiger partial charge on any atom is 0.289 e. The maximum absolute atomic E-state index is 10.7. The second-order valence-corrected chi connectivity index (χ2v) is 3.90. The summed E-state index contributed by atoms with van der Waals surface area (Å²) in [6.07, 6.45) is 4.74. The first-order chi connectivity index (χ1) is 8.75. The van der Waals surface area contributed by atoms with E-state index in [1.165, 1.54) is 12.3 Å². The number of nitrogens with zero attached hydrogens (tertiary/aromatic N) is 3. The second kappa shape index (κ2) is 3.96. The average molecular weight is 239 g/mol. The van der Waals surface area contributed by atoms with E-state index >= 15 is 0 Å². The molecule has 0 atom stereocenters. The van der Waals surface area contributed by atoms with Crippen LogP contribution in [-0.4, -0.2) is 14.5 Å². The molecular weight excluding hydrogens is 230 g/mol. The molecule has 0 aliphatic heterocycles. The SMILES string of the molecule is O=[N+]([O-])c1cncc(-n2ccc3ccccc32)c1. The molecule has 0 unspecified atom stereocenters. The lowest BCUT2D eigenvalue weighted by atomic mass is 10.2. The Balaban J connectivity index is 2.20. The van der Waals surface area contributed by atoms with Gasteiger partial charge in [-0.3, -0.25) is 15.1 Å². The smallest absolute Gasteiger partial charge is 0.289 e. The van der Waals surface area contributed by atoms with Crippen molar-refractivity contribution in [2.75, 3.05) is 0 Å². The number of fused-ring (bicyclic) bond motifs is 1. The van der Waals surface area contributed by atoms with Crippen LogP contribution in [0.15, 0.2) is 55.0 Å². The molecule has 88 valence electrons. The molecule has 0 N–H and O–H groups in total. The first-order valence-corrected chi connectivity index (χ1v) is 5.41. The summed E-state index contributed by atoms with van der Waals surface area (Å²) in [5, 5.41) is 11.8. The lowest BCUT2D eigenvalue weighted by molar-refractivity contribution is -0.385. The van der Waals surface area contributed by atoms with Crippen LogP contribution in [0.4, 0.5) is 5.69 Å². The fourth-order valence-corrected chi connectivity index (χ4v) is 1.96. The molecule has 1 aromatic carbocycles. The lowest BCUT2D eigenvalue weighted by Crippen LogP contribution is -1.95. The van der Waals surface area contributed by atoms with Gasteiger partial charge in [-0.25, -0.2) is 0 Å². The van der Waals surface area contributed by atoms with E-state index in [9.17, 15) is 10.1 Å². The molecule has 5 heteroatoms. The van der Waals surface area contributed by atoms with Gasteiger partial charge in [-0.1, -0.05) is 18.2 Å². The molecule has 3 rings (SSSR count). The molecule has 0 saturated heterocycles. The zero-order valence-electron chi connectivity index (χ0n) is 9.35. The van der Waals surface area contributed by atoms with Gasteiger partial charge in [-0.2, -0.15) is 0 Å². The molecule has 18 heavy (non-hydrogen) atoms. The highest BCUT2D eigenvalue weighted by Crippen LogP contribution is 2.21. The van der Waals surface area contributed by atoms with Gasteiger partial charge in [-0.15, -0.1) is 0 Å². The Morgan fingerprint density at radius 3 is 2.83 bits per heavy atom. The summed E-state index contributed by atoms with van der Waals surface area (Å²) in [4.78, 5) is 14.2. The minimum atomic E-state index is -0.442. The van der Waals surface area contributed by atoms with E-state index in [-0.39, 0.29) is 5.69 Å². The monoisotopic (exact) mass is 239 g/mol. The van der Waals surface area contributed by atoms with Crippen LogP contribution in [0.1, 0.15) is 0 Å². The summed E-state index contributed by atoms with van der Waals surface area (Å²) in [7, 11) is 0. The molecule has 0 aliphatic carbocycles. The van der Waals surface area contributed by atoms with Crippen LogP contribution in [0.5, 0.6) is 0 Å². The highest BCUT2D eigenvalue weighted by atomic mass is 16.6. The van der Waals surface area contributed by atoms with E-state index in [0.717, 1.165) is 10.9 Å². The van der Waals surface area contributed by atoms with Crippen LogP contribution in [0.3, 0.4) is 0 Å². The number of hydrogen-bond acceptors (Lipinski definition) is 3. The normalized spacial score (nSPS) is 10.7. The summed E-state index contributed by atoms with van der Waals surface area (Å²) in [6, 6.07) is 11.3. The highest BCUT2D eigenvalue weighted by molar-refractivity contribution is 5.81. The van der Waals surface area contributed by atoms with Gasteiger partial charge < -0.3 is 4.57 Å². The Morgan fingerprint density at radius 1 is 1.17 bits per heavy atom. The number of aromatic nitrogens is 2. The van der Waals surface area contributed by atoms with E-state index in [1.54, 1.807) is 6.20 Å². The fraction of sp³-hybridized carbons (Fsp3) is 0. The predicted octanol–water partition coefficient (Wildman–Crippen LogP) is 2.93. The van der Waals surface area contributed by atoms with Crippen LogP contribution in [0.2, 0.25) is 0 Å². The number of rotatable bonds is 2. The van der Waals surface area contributed by atoms with Crippen LogP contribution in [0.25, 0.3) is 16.6 Å². The van der Waals surface area contributed by atoms with E-state index in [0.29, 0.717) is 5.69 Å². The van der Waals surface area contributed by atoms with Crippen molar-refractivity contribution in [3.63, 3.8) is 0 Å². The molecule has 0 fully saturated rings. The third kappa shape index (κ3) is 1.62. The van der Waals surface area contributed by atoms with Crippen LogP contribution in [-0.2, 0) is 0 Å². The molecule has 0 amide bonds. The number of hydrogen-bond donors (Lipinski definition) is 0. The van der Waals surface area contributed by atoms with Crippen LogP contribution >= 0.6 is 0 Å². The van der Waals surface area contributed by atoms with Gasteiger partial charge in [0.25, 0.3) is 5.69 Å². The molecule has 0 aliphatic rings. The zero-order valence-corrected chi connectivity index (χ0v) is 9.35. The Morgan fingerprint density at radius 2 is 2.00 bits per heavy atom. The van der Waals surface area contributed by atoms with Crippen molar-refractivity contribution in [3.8, 4) is 5.69 Å². The number of para-hydroxylation sites is 1. The van der Waals surface area contributed by atoms with E-state index in [4.69, 9.17) is 0 Å². The Bertz CT molecular complexity index is 734. The van der Waals surface area contributed by atoms with Crippen LogP contribution < -0.4 is 0 Å². The summed E-state index contributed by atoms with van der Waals surface area (Å²) in [5.41, 5.74) is 1.68. The minimum absolute atomic E-state index is 0.00900. The standard InChI is InChI=1S/C13H9N3O2/c17-16(18)12-7-11(8-14-9-12)15-6-5-10-3-1-2-4-13(10)15/h1-9H. The zero-order chi connectivity index (χ0) is 12.5. The number of benzene rings is 1. The van der Waals surface area contributed by atoms with Crippen molar-refractivity contribution >= 4 is 16.6 Å². The average Bonchev–Trinajstić information content (AvgIpc) is 2.82. The number of pyridine rings is 1. The largest absolute Gasteiger partial charge is 0.315 e. The molecule has 2 aromatic heterocycles. The van der Waals surface area contributed by atoms with E-state index in [2.05, 4.69) is 4.98 Å². The van der Waals surface area contributed by atoms with Crippen LogP contribution in [0, 0.1) is 10.1 Å². The fourth-order valence-electron chi connectivity index (χ4n) is 1.96. The van der Waals surface area contributed by atoms with Gasteiger partial charge in [0.1, 0.15) is 6.20 Å².